The third kappa shape index (κ3) is 6.97. The summed E-state index contributed by atoms with van der Waals surface area (Å²) in [6.07, 6.45) is 3.83. The van der Waals surface area contributed by atoms with Crippen molar-refractivity contribution < 1.29 is 0 Å². The van der Waals surface area contributed by atoms with E-state index in [0.29, 0.717) is 5.95 Å². The van der Waals surface area contributed by atoms with Gasteiger partial charge in [0, 0.05) is 83.9 Å². The molecule has 17 aromatic rings. The van der Waals surface area contributed by atoms with Crippen molar-refractivity contribution in [3.05, 3.63) is 278 Å². The van der Waals surface area contributed by atoms with Crippen LogP contribution in [-0.2, 0) is 5.41 Å². The fraction of sp³-hybridized carbons (Fsp3) is 0.0390. The molecule has 0 saturated carbocycles. The second-order valence-corrected chi connectivity index (χ2v) is 23.1. The lowest BCUT2D eigenvalue weighted by atomic mass is 9.83. The highest BCUT2D eigenvalue weighted by atomic mass is 15.2. The molecule has 0 bridgehead atoms. The molecule has 85 heavy (non-hydrogen) atoms. The Morgan fingerprint density at radius 3 is 1.19 bits per heavy atom. The maximum atomic E-state index is 5.70. The molecule has 0 amide bonds. The van der Waals surface area contributed by atoms with Crippen LogP contribution < -0.4 is 0 Å². The minimum absolute atomic E-state index is 0.317. The van der Waals surface area contributed by atoms with Crippen molar-refractivity contribution in [1.82, 2.24) is 38.2 Å². The minimum atomic E-state index is -0.317. The van der Waals surface area contributed by atoms with Crippen LogP contribution in [0.3, 0.4) is 0 Å². The minimum Gasteiger partial charge on any atom is -0.309 e. The van der Waals surface area contributed by atoms with Gasteiger partial charge in [-0.2, -0.15) is 4.98 Å². The number of rotatable bonds is 7. The van der Waals surface area contributed by atoms with E-state index in [4.69, 9.17) is 19.9 Å². The van der Waals surface area contributed by atoms with Crippen molar-refractivity contribution in [3.8, 4) is 68.0 Å². The van der Waals surface area contributed by atoms with E-state index >= 15 is 0 Å². The second-order valence-electron chi connectivity index (χ2n) is 23.1. The van der Waals surface area contributed by atoms with E-state index in [-0.39, 0.29) is 5.41 Å². The first-order chi connectivity index (χ1) is 41.9. The Bertz CT molecular complexity index is 5350. The van der Waals surface area contributed by atoms with E-state index in [1.54, 1.807) is 0 Å². The zero-order valence-corrected chi connectivity index (χ0v) is 46.5. The molecular formula is C77H50N8. The molecule has 0 saturated heterocycles. The summed E-state index contributed by atoms with van der Waals surface area (Å²) in [5.41, 5.74) is 21.2. The largest absolute Gasteiger partial charge is 0.309 e. The van der Waals surface area contributed by atoms with Crippen LogP contribution in [0.4, 0.5) is 0 Å². The predicted molar refractivity (Wildman–Crippen MR) is 349 cm³/mol. The lowest BCUT2D eigenvalue weighted by Gasteiger charge is -2.21. The van der Waals surface area contributed by atoms with E-state index in [0.717, 1.165) is 111 Å². The molecule has 7 heterocycles. The third-order valence-corrected chi connectivity index (χ3v) is 18.1. The van der Waals surface area contributed by atoms with E-state index in [9.17, 15) is 0 Å². The zero-order chi connectivity index (χ0) is 56.1. The van der Waals surface area contributed by atoms with Crippen molar-refractivity contribution >= 4 is 87.2 Å². The van der Waals surface area contributed by atoms with E-state index in [1.165, 1.54) is 49.2 Å². The van der Waals surface area contributed by atoms with Crippen LogP contribution in [0.1, 0.15) is 25.0 Å². The van der Waals surface area contributed by atoms with Gasteiger partial charge in [-0.15, -0.1) is 0 Å². The Morgan fingerprint density at radius 1 is 0.294 bits per heavy atom. The Labute approximate surface area is 488 Å². The van der Waals surface area contributed by atoms with Gasteiger partial charge < -0.3 is 9.13 Å². The molecule has 8 heteroatoms. The van der Waals surface area contributed by atoms with Gasteiger partial charge in [0.2, 0.25) is 5.95 Å². The maximum absolute atomic E-state index is 5.70. The average molecular weight is 1090 g/mol. The molecule has 0 spiro atoms. The summed E-state index contributed by atoms with van der Waals surface area (Å²) in [6, 6.07) is 92.3. The van der Waals surface area contributed by atoms with Crippen LogP contribution in [0, 0.1) is 0 Å². The Balaban J connectivity index is 0.827. The molecule has 18 rings (SSSR count). The van der Waals surface area contributed by atoms with Crippen molar-refractivity contribution in [2.24, 2.45) is 0 Å². The molecule has 1 aliphatic carbocycles. The number of nitrogens with zero attached hydrogens (tertiary/aromatic N) is 8. The molecule has 0 fully saturated rings. The quantitative estimate of drug-likeness (QED) is 0.159. The van der Waals surface area contributed by atoms with Crippen LogP contribution in [0.25, 0.3) is 155 Å². The van der Waals surface area contributed by atoms with Crippen LogP contribution in [-0.4, -0.2) is 38.2 Å². The summed E-state index contributed by atoms with van der Waals surface area (Å²) in [4.78, 5) is 21.3. The van der Waals surface area contributed by atoms with Gasteiger partial charge in [0.1, 0.15) is 5.82 Å². The van der Waals surface area contributed by atoms with E-state index in [2.05, 4.69) is 281 Å². The molecular weight excluding hydrogens is 1040 g/mol. The monoisotopic (exact) mass is 1090 g/mol. The summed E-state index contributed by atoms with van der Waals surface area (Å²) < 4.78 is 9.31. The van der Waals surface area contributed by atoms with Crippen LogP contribution in [0.2, 0.25) is 0 Å². The number of aromatic nitrogens is 8. The Morgan fingerprint density at radius 2 is 0.694 bits per heavy atom. The normalized spacial score (nSPS) is 12.9. The van der Waals surface area contributed by atoms with Crippen LogP contribution in [0.15, 0.2) is 267 Å². The van der Waals surface area contributed by atoms with Gasteiger partial charge in [-0.3, -0.25) is 19.1 Å². The predicted octanol–water partition coefficient (Wildman–Crippen LogP) is 19.0. The SMILES string of the molecule is CC1(C)c2cccnc2-c2ncc(-c3cc(-n4c5ccccc5c5cc(-c6ccc7c(c6)c6ccccc6n7-c6ccccc6)ccc54)nc(-n4c5ccccc5c5cc(-c6ccc7c(c6)c6ccccc6n7-c6ccccc6)ccc54)n3)cc21. The Hall–Kier alpha value is -11.2. The fourth-order valence-electron chi connectivity index (χ4n) is 14.1. The van der Waals surface area contributed by atoms with E-state index in [1.807, 2.05) is 18.5 Å². The smallest absolute Gasteiger partial charge is 0.237 e. The molecule has 0 aliphatic heterocycles. The lowest BCUT2D eigenvalue weighted by molar-refractivity contribution is 0.658. The Kier molecular flexibility index (Phi) is 9.98. The standard InChI is InChI=1S/C77H50N8/c1-77(2)62-26-17-39-78-74(62)75-63(77)44-51(46-79-75)64-45-73(84-67-29-15-11-24-56(67)60-42-49(33-37-71(60)84)47-31-35-69-58(40-47)54-22-9-13-27-65(54)82(69)52-18-5-3-6-19-52)81-76(80-64)85-68-30-16-12-25-57(68)61-43-50(34-38-72(61)85)48-32-36-70-59(41-48)55-23-10-14-28-66(55)83(70)53-20-7-4-8-21-53/h3-46H,1-2H3. The topological polar surface area (TPSA) is 71.3 Å². The summed E-state index contributed by atoms with van der Waals surface area (Å²) in [5.74, 6) is 1.32. The average Bonchev–Trinajstić information content (AvgIpc) is 3.51. The molecule has 0 atom stereocenters. The van der Waals surface area contributed by atoms with E-state index < -0.39 is 0 Å². The van der Waals surface area contributed by atoms with Crippen molar-refractivity contribution in [1.29, 1.82) is 0 Å². The van der Waals surface area contributed by atoms with Crippen molar-refractivity contribution in [2.75, 3.05) is 0 Å². The van der Waals surface area contributed by atoms with Gasteiger partial charge in [-0.1, -0.05) is 153 Å². The van der Waals surface area contributed by atoms with Gasteiger partial charge in [0.25, 0.3) is 0 Å². The molecule has 10 aromatic carbocycles. The van der Waals surface area contributed by atoms with Gasteiger partial charge in [0.15, 0.2) is 0 Å². The lowest BCUT2D eigenvalue weighted by Crippen LogP contribution is -2.15. The maximum Gasteiger partial charge on any atom is 0.237 e. The number of hydrogen-bond donors (Lipinski definition) is 0. The number of fused-ring (bicyclic) bond motifs is 15. The summed E-state index contributed by atoms with van der Waals surface area (Å²) in [6.45, 7) is 4.53. The zero-order valence-electron chi connectivity index (χ0n) is 46.5. The molecule has 0 unspecified atom stereocenters. The molecule has 7 aromatic heterocycles. The third-order valence-electron chi connectivity index (χ3n) is 18.1. The summed E-state index contributed by atoms with van der Waals surface area (Å²) >= 11 is 0. The number of para-hydroxylation sites is 6. The summed E-state index contributed by atoms with van der Waals surface area (Å²) in [7, 11) is 0. The van der Waals surface area contributed by atoms with Gasteiger partial charge >= 0.3 is 0 Å². The first kappa shape index (κ1) is 47.4. The van der Waals surface area contributed by atoms with Crippen molar-refractivity contribution in [3.63, 3.8) is 0 Å². The first-order valence-electron chi connectivity index (χ1n) is 29.0. The fourth-order valence-corrected chi connectivity index (χ4v) is 14.1. The number of pyridine rings is 2. The van der Waals surface area contributed by atoms with Crippen molar-refractivity contribution in [2.45, 2.75) is 19.3 Å². The molecule has 0 radical (unpaired) electrons. The van der Waals surface area contributed by atoms with Gasteiger partial charge in [-0.05, 0) is 143 Å². The highest BCUT2D eigenvalue weighted by molar-refractivity contribution is 6.15. The highest BCUT2D eigenvalue weighted by Gasteiger charge is 2.38. The number of hydrogen-bond acceptors (Lipinski definition) is 4. The van der Waals surface area contributed by atoms with Crippen LogP contribution in [0.5, 0.6) is 0 Å². The molecule has 0 N–H and O–H groups in total. The molecule has 1 aliphatic rings. The van der Waals surface area contributed by atoms with Crippen LogP contribution >= 0.6 is 0 Å². The highest BCUT2D eigenvalue weighted by Crippen LogP contribution is 2.48. The van der Waals surface area contributed by atoms with Gasteiger partial charge in [0.05, 0.1) is 61.2 Å². The second kappa shape index (κ2) is 17.9. The number of benzene rings is 10. The summed E-state index contributed by atoms with van der Waals surface area (Å²) in [5, 5.41) is 9.40. The van der Waals surface area contributed by atoms with Gasteiger partial charge in [-0.25, -0.2) is 4.98 Å². The first-order valence-corrected chi connectivity index (χ1v) is 29.0. The molecule has 8 nitrogen and oxygen atoms in total. The molecule has 398 valence electrons.